The first-order valence-electron chi connectivity index (χ1n) is 5.10. The van der Waals surface area contributed by atoms with Crippen LogP contribution in [0.1, 0.15) is 34.6 Å². The van der Waals surface area contributed by atoms with Gasteiger partial charge in [-0.1, -0.05) is 0 Å². The number of hydrogen-bond acceptors (Lipinski definition) is 4. The number of allylic oxidation sites excluding steroid dienone is 2. The summed E-state index contributed by atoms with van der Waals surface area (Å²) >= 11 is 0. The first-order valence-corrected chi connectivity index (χ1v) is 5.10. The molecule has 0 atom stereocenters. The molecule has 0 aromatic rings. The highest BCUT2D eigenvalue weighted by Gasteiger charge is 2.50. The Bertz CT molecular complexity index is 399. The number of Topliss-reactive ketones (excluding diaryl/α,β-unsaturated/α-hetero) is 1. The first kappa shape index (κ1) is 12.6. The maximum absolute atomic E-state index is 12.1. The summed E-state index contributed by atoms with van der Waals surface area (Å²) < 4.78 is 4.92. The van der Waals surface area contributed by atoms with Gasteiger partial charge in [0.1, 0.15) is 5.76 Å². The molecule has 0 fully saturated rings. The molecule has 0 spiro atoms. The van der Waals surface area contributed by atoms with Gasteiger partial charge in [-0.15, -0.1) is 0 Å². The third-order valence-electron chi connectivity index (χ3n) is 2.88. The quantitative estimate of drug-likeness (QED) is 0.501. The minimum absolute atomic E-state index is 0.134. The van der Waals surface area contributed by atoms with E-state index in [1.54, 1.807) is 27.7 Å². The van der Waals surface area contributed by atoms with Crippen LogP contribution in [0, 0.1) is 10.8 Å². The molecule has 0 aromatic heterocycles. The largest absolute Gasteiger partial charge is 0.430 e. The van der Waals surface area contributed by atoms with Gasteiger partial charge in [0, 0.05) is 13.0 Å². The lowest BCUT2D eigenvalue weighted by atomic mass is 9.66. The molecule has 0 N–H and O–H groups in total. The number of hydrogen-bond donors (Lipinski definition) is 0. The Morgan fingerprint density at radius 2 is 1.62 bits per heavy atom. The van der Waals surface area contributed by atoms with Crippen LogP contribution >= 0.6 is 0 Å². The number of carbonyl (C=O) groups is 3. The number of esters is 1. The molecule has 0 radical (unpaired) electrons. The lowest BCUT2D eigenvalue weighted by Crippen LogP contribution is -2.47. The molecular formula is C12H16O4. The van der Waals surface area contributed by atoms with Crippen LogP contribution in [-0.4, -0.2) is 17.5 Å². The summed E-state index contributed by atoms with van der Waals surface area (Å²) in [6.45, 7) is 7.71. The van der Waals surface area contributed by atoms with Gasteiger partial charge in [0.2, 0.25) is 0 Å². The van der Waals surface area contributed by atoms with E-state index in [9.17, 15) is 14.4 Å². The Morgan fingerprint density at radius 3 is 2.06 bits per heavy atom. The van der Waals surface area contributed by atoms with Crippen LogP contribution in [0.5, 0.6) is 0 Å². The Labute approximate surface area is 94.7 Å². The SMILES string of the molecule is CC(=O)OC1=CC(=O)C(C)(C)C(=O)C1(C)C. The van der Waals surface area contributed by atoms with Crippen molar-refractivity contribution < 1.29 is 19.1 Å². The van der Waals surface area contributed by atoms with Crippen molar-refractivity contribution in [2.24, 2.45) is 10.8 Å². The average molecular weight is 224 g/mol. The molecule has 1 aliphatic carbocycles. The van der Waals surface area contributed by atoms with Crippen LogP contribution in [0.4, 0.5) is 0 Å². The molecule has 0 bridgehead atoms. The minimum Gasteiger partial charge on any atom is -0.430 e. The summed E-state index contributed by atoms with van der Waals surface area (Å²) in [5.41, 5.74) is -1.99. The third kappa shape index (κ3) is 1.79. The fraction of sp³-hybridized carbons (Fsp3) is 0.583. The molecule has 4 heteroatoms. The van der Waals surface area contributed by atoms with E-state index in [4.69, 9.17) is 4.74 Å². The van der Waals surface area contributed by atoms with Gasteiger partial charge in [-0.2, -0.15) is 0 Å². The van der Waals surface area contributed by atoms with Gasteiger partial charge in [-0.25, -0.2) is 0 Å². The average Bonchev–Trinajstić information content (AvgIpc) is 2.12. The zero-order valence-corrected chi connectivity index (χ0v) is 10.2. The highest BCUT2D eigenvalue weighted by Crippen LogP contribution is 2.41. The second-order valence-corrected chi connectivity index (χ2v) is 5.05. The van der Waals surface area contributed by atoms with Crippen LogP contribution in [0.25, 0.3) is 0 Å². The minimum atomic E-state index is -1.05. The van der Waals surface area contributed by atoms with Crippen LogP contribution < -0.4 is 0 Å². The molecule has 0 aliphatic heterocycles. The van der Waals surface area contributed by atoms with E-state index in [1.807, 2.05) is 0 Å². The van der Waals surface area contributed by atoms with Gasteiger partial charge >= 0.3 is 5.97 Å². The van der Waals surface area contributed by atoms with Crippen LogP contribution in [0.2, 0.25) is 0 Å². The van der Waals surface area contributed by atoms with Crippen LogP contribution in [0.15, 0.2) is 11.8 Å². The van der Waals surface area contributed by atoms with Crippen LogP contribution in [-0.2, 0) is 19.1 Å². The van der Waals surface area contributed by atoms with E-state index in [2.05, 4.69) is 0 Å². The zero-order valence-electron chi connectivity index (χ0n) is 10.2. The smallest absolute Gasteiger partial charge is 0.307 e. The van der Waals surface area contributed by atoms with E-state index in [-0.39, 0.29) is 17.3 Å². The topological polar surface area (TPSA) is 60.4 Å². The van der Waals surface area contributed by atoms with Gasteiger partial charge in [-0.3, -0.25) is 14.4 Å². The van der Waals surface area contributed by atoms with E-state index >= 15 is 0 Å². The van der Waals surface area contributed by atoms with E-state index < -0.39 is 16.8 Å². The predicted molar refractivity (Wildman–Crippen MR) is 57.4 cm³/mol. The molecule has 16 heavy (non-hydrogen) atoms. The van der Waals surface area contributed by atoms with Crippen molar-refractivity contribution in [2.45, 2.75) is 34.6 Å². The summed E-state index contributed by atoms with van der Waals surface area (Å²) in [5.74, 6) is -0.953. The summed E-state index contributed by atoms with van der Waals surface area (Å²) in [5, 5.41) is 0. The molecule has 0 unspecified atom stereocenters. The lowest BCUT2D eigenvalue weighted by Gasteiger charge is -2.36. The molecule has 88 valence electrons. The summed E-state index contributed by atoms with van der Waals surface area (Å²) in [7, 11) is 0. The number of ether oxygens (including phenoxy) is 1. The number of carbonyl (C=O) groups excluding carboxylic acids is 3. The monoisotopic (exact) mass is 224 g/mol. The summed E-state index contributed by atoms with van der Waals surface area (Å²) in [6.07, 6.45) is 1.25. The highest BCUT2D eigenvalue weighted by atomic mass is 16.5. The normalized spacial score (nSPS) is 22.7. The Morgan fingerprint density at radius 1 is 1.12 bits per heavy atom. The van der Waals surface area contributed by atoms with Crippen molar-refractivity contribution in [3.8, 4) is 0 Å². The molecule has 0 aromatic carbocycles. The predicted octanol–water partition coefficient (Wildman–Crippen LogP) is 1.64. The molecule has 0 amide bonds. The van der Waals surface area contributed by atoms with Crippen molar-refractivity contribution in [1.29, 1.82) is 0 Å². The van der Waals surface area contributed by atoms with Gasteiger partial charge in [-0.05, 0) is 27.7 Å². The standard InChI is InChI=1S/C12H16O4/c1-7(13)16-9-6-8(14)11(2,3)10(15)12(9,4)5/h6H,1-5H3. The van der Waals surface area contributed by atoms with Gasteiger partial charge in [0.05, 0.1) is 10.8 Å². The molecule has 1 rings (SSSR count). The molecule has 0 saturated heterocycles. The number of ketones is 2. The van der Waals surface area contributed by atoms with E-state index in [0.717, 1.165) is 0 Å². The van der Waals surface area contributed by atoms with Crippen molar-refractivity contribution >= 4 is 17.5 Å². The third-order valence-corrected chi connectivity index (χ3v) is 2.88. The summed E-state index contributed by atoms with van der Waals surface area (Å²) in [4.78, 5) is 34.7. The van der Waals surface area contributed by atoms with Crippen molar-refractivity contribution in [3.63, 3.8) is 0 Å². The molecule has 0 heterocycles. The van der Waals surface area contributed by atoms with Gasteiger partial charge in [0.15, 0.2) is 11.6 Å². The maximum Gasteiger partial charge on any atom is 0.307 e. The van der Waals surface area contributed by atoms with Crippen molar-refractivity contribution in [1.82, 2.24) is 0 Å². The second kappa shape index (κ2) is 3.54. The first-order chi connectivity index (χ1) is 7.10. The fourth-order valence-corrected chi connectivity index (χ4v) is 1.80. The Kier molecular flexibility index (Phi) is 2.79. The molecule has 4 nitrogen and oxygen atoms in total. The molecule has 0 saturated carbocycles. The maximum atomic E-state index is 12.1. The second-order valence-electron chi connectivity index (χ2n) is 5.05. The fourth-order valence-electron chi connectivity index (χ4n) is 1.80. The van der Waals surface area contributed by atoms with Crippen LogP contribution in [0.3, 0.4) is 0 Å². The van der Waals surface area contributed by atoms with Gasteiger partial charge in [0.25, 0.3) is 0 Å². The summed E-state index contributed by atoms with van der Waals surface area (Å²) in [6, 6.07) is 0. The van der Waals surface area contributed by atoms with E-state index in [0.29, 0.717) is 0 Å². The number of rotatable bonds is 1. The Hall–Kier alpha value is -1.45. The van der Waals surface area contributed by atoms with Gasteiger partial charge < -0.3 is 4.74 Å². The highest BCUT2D eigenvalue weighted by molar-refractivity contribution is 6.16. The van der Waals surface area contributed by atoms with E-state index in [1.165, 1.54) is 13.0 Å². The van der Waals surface area contributed by atoms with Crippen molar-refractivity contribution in [2.75, 3.05) is 0 Å². The molecular weight excluding hydrogens is 208 g/mol. The zero-order chi connectivity index (χ0) is 12.7. The lowest BCUT2D eigenvalue weighted by molar-refractivity contribution is -0.147. The molecule has 1 aliphatic rings. The van der Waals surface area contributed by atoms with Crippen molar-refractivity contribution in [3.05, 3.63) is 11.8 Å². The Balaban J connectivity index is 3.26.